The van der Waals surface area contributed by atoms with Gasteiger partial charge in [0, 0.05) is 24.2 Å². The number of pyridine rings is 2. The van der Waals surface area contributed by atoms with Gasteiger partial charge in [0.25, 0.3) is 5.91 Å². The van der Waals surface area contributed by atoms with Crippen LogP contribution in [-0.2, 0) is 30.4 Å². The van der Waals surface area contributed by atoms with Crippen LogP contribution < -0.4 is 10.1 Å². The average molecular weight is 469 g/mol. The van der Waals surface area contributed by atoms with Crippen LogP contribution in [-0.4, -0.2) is 39.4 Å². The van der Waals surface area contributed by atoms with Gasteiger partial charge < -0.3 is 14.8 Å². The highest BCUT2D eigenvalue weighted by Gasteiger charge is 2.33. The Morgan fingerprint density at radius 1 is 1.29 bits per heavy atom. The highest BCUT2D eigenvalue weighted by molar-refractivity contribution is 5.94. The Labute approximate surface area is 202 Å². The molecule has 0 unspecified atom stereocenters. The van der Waals surface area contributed by atoms with Crippen molar-refractivity contribution >= 4 is 16.8 Å². The zero-order valence-electron chi connectivity index (χ0n) is 19.7. The van der Waals surface area contributed by atoms with Gasteiger partial charge in [0.15, 0.2) is 5.75 Å². The summed E-state index contributed by atoms with van der Waals surface area (Å²) in [5.74, 6) is 0.410. The first-order valence-electron chi connectivity index (χ1n) is 11.1. The van der Waals surface area contributed by atoms with Crippen LogP contribution in [0.3, 0.4) is 0 Å². The lowest BCUT2D eigenvalue weighted by Gasteiger charge is -2.30. The van der Waals surface area contributed by atoms with Crippen LogP contribution in [0.25, 0.3) is 22.3 Å². The highest BCUT2D eigenvalue weighted by atomic mass is 16.5. The fraction of sp³-hybridized carbons (Fsp3) is 0.269. The number of ether oxygens (including phenoxy) is 2. The van der Waals surface area contributed by atoms with Crippen molar-refractivity contribution < 1.29 is 14.3 Å². The molecule has 5 rings (SSSR count). The minimum Gasteiger partial charge on any atom is -0.493 e. The highest BCUT2D eigenvalue weighted by Crippen LogP contribution is 2.33. The van der Waals surface area contributed by atoms with Crippen molar-refractivity contribution in [2.75, 3.05) is 13.7 Å². The molecule has 4 heterocycles. The van der Waals surface area contributed by atoms with Gasteiger partial charge in [-0.15, -0.1) is 0 Å². The monoisotopic (exact) mass is 468 g/mol. The molecule has 3 aromatic heterocycles. The van der Waals surface area contributed by atoms with Gasteiger partial charge in [-0.2, -0.15) is 10.4 Å². The molecule has 0 radical (unpaired) electrons. The largest absolute Gasteiger partial charge is 0.493 e. The Balaban J connectivity index is 1.37. The van der Waals surface area contributed by atoms with Crippen LogP contribution >= 0.6 is 0 Å². The van der Waals surface area contributed by atoms with Crippen LogP contribution in [0.1, 0.15) is 34.1 Å². The molecule has 0 fully saturated rings. The standard InChI is InChI=1S/C26H24N6O3/c1-26(14-27)15-35-13-18-5-4-16(8-20(18)26)25(33)29-11-19-9-22-17(10-28-19)6-7-21(31-22)24-23(34-3)12-30-32(24)2/h4-10,12H,11,13,15H2,1-3H3,(H,29,33)/t26-/m1/s1. The molecule has 35 heavy (non-hydrogen) atoms. The van der Waals surface area contributed by atoms with Crippen molar-refractivity contribution in [2.45, 2.75) is 25.5 Å². The topological polar surface area (TPSA) is 115 Å². The number of aryl methyl sites for hydroxylation is 1. The first kappa shape index (κ1) is 22.5. The zero-order valence-corrected chi connectivity index (χ0v) is 19.7. The summed E-state index contributed by atoms with van der Waals surface area (Å²) in [7, 11) is 3.44. The molecule has 1 amide bonds. The van der Waals surface area contributed by atoms with E-state index in [2.05, 4.69) is 21.5 Å². The maximum absolute atomic E-state index is 12.9. The minimum atomic E-state index is -0.774. The molecule has 9 nitrogen and oxygen atoms in total. The lowest BCUT2D eigenvalue weighted by Crippen LogP contribution is -2.33. The number of aromatic nitrogens is 4. The second-order valence-electron chi connectivity index (χ2n) is 8.74. The van der Waals surface area contributed by atoms with Crippen molar-refractivity contribution in [3.63, 3.8) is 0 Å². The smallest absolute Gasteiger partial charge is 0.251 e. The van der Waals surface area contributed by atoms with Gasteiger partial charge in [0.2, 0.25) is 0 Å². The third-order valence-electron chi connectivity index (χ3n) is 6.29. The van der Waals surface area contributed by atoms with Crippen molar-refractivity contribution in [3.05, 3.63) is 71.2 Å². The zero-order chi connectivity index (χ0) is 24.6. The number of carbonyl (C=O) groups excluding carboxylic acids is 1. The Morgan fingerprint density at radius 2 is 2.14 bits per heavy atom. The number of nitrogens with zero attached hydrogens (tertiary/aromatic N) is 5. The van der Waals surface area contributed by atoms with E-state index in [1.807, 2.05) is 38.2 Å². The second kappa shape index (κ2) is 8.81. The first-order valence-corrected chi connectivity index (χ1v) is 11.1. The molecule has 1 aliphatic heterocycles. The molecule has 0 bridgehead atoms. The molecule has 0 saturated carbocycles. The van der Waals surface area contributed by atoms with Gasteiger partial charge in [-0.25, -0.2) is 4.98 Å². The lowest BCUT2D eigenvalue weighted by molar-refractivity contribution is 0.0757. The molecule has 1 aromatic carbocycles. The van der Waals surface area contributed by atoms with Crippen LogP contribution in [0, 0.1) is 11.3 Å². The third-order valence-corrected chi connectivity index (χ3v) is 6.29. The average Bonchev–Trinajstić information content (AvgIpc) is 3.27. The molecule has 0 aliphatic carbocycles. The molecule has 4 aromatic rings. The van der Waals surface area contributed by atoms with E-state index in [0.29, 0.717) is 30.2 Å². The van der Waals surface area contributed by atoms with Crippen molar-refractivity contribution in [2.24, 2.45) is 7.05 Å². The van der Waals surface area contributed by atoms with E-state index in [1.165, 1.54) is 0 Å². The van der Waals surface area contributed by atoms with Gasteiger partial charge in [-0.3, -0.25) is 14.5 Å². The number of hydrogen-bond acceptors (Lipinski definition) is 7. The number of amides is 1. The number of hydrogen-bond donors (Lipinski definition) is 1. The number of benzene rings is 1. The Kier molecular flexibility index (Phi) is 5.67. The quantitative estimate of drug-likeness (QED) is 0.478. The van der Waals surface area contributed by atoms with E-state index in [-0.39, 0.29) is 12.5 Å². The lowest BCUT2D eigenvalue weighted by atomic mass is 9.79. The molecule has 1 atom stereocenters. The fourth-order valence-corrected chi connectivity index (χ4v) is 4.31. The molecule has 9 heteroatoms. The second-order valence-corrected chi connectivity index (χ2v) is 8.74. The molecule has 176 valence electrons. The summed E-state index contributed by atoms with van der Waals surface area (Å²) in [5.41, 5.74) is 4.44. The Morgan fingerprint density at radius 3 is 2.94 bits per heavy atom. The Hall–Kier alpha value is -4.29. The van der Waals surface area contributed by atoms with Gasteiger partial charge in [0.1, 0.15) is 11.1 Å². The summed E-state index contributed by atoms with van der Waals surface area (Å²) in [6, 6.07) is 13.4. The predicted molar refractivity (Wildman–Crippen MR) is 129 cm³/mol. The maximum Gasteiger partial charge on any atom is 0.251 e. The van der Waals surface area contributed by atoms with E-state index in [1.54, 1.807) is 36.3 Å². The minimum absolute atomic E-state index is 0.234. The molecule has 0 spiro atoms. The summed E-state index contributed by atoms with van der Waals surface area (Å²) in [5, 5.41) is 17.7. The van der Waals surface area contributed by atoms with Gasteiger partial charge in [-0.1, -0.05) is 6.07 Å². The summed E-state index contributed by atoms with van der Waals surface area (Å²) in [6.07, 6.45) is 3.40. The number of nitrogens with one attached hydrogen (secondary N) is 1. The van der Waals surface area contributed by atoms with Crippen LogP contribution in [0.2, 0.25) is 0 Å². The number of fused-ring (bicyclic) bond motifs is 2. The SMILES string of the molecule is COc1cnn(C)c1-c1ccc2cnc(CNC(=O)c3ccc4c(c3)[C@](C)(C#N)COC4)cc2n1. The number of methoxy groups -OCH3 is 1. The number of rotatable bonds is 5. The Bertz CT molecular complexity index is 1490. The normalized spacial score (nSPS) is 17.0. The summed E-state index contributed by atoms with van der Waals surface area (Å²) >= 11 is 0. The van der Waals surface area contributed by atoms with E-state index < -0.39 is 5.41 Å². The van der Waals surface area contributed by atoms with Crippen LogP contribution in [0.15, 0.2) is 48.8 Å². The predicted octanol–water partition coefficient (Wildman–Crippen LogP) is 3.28. The van der Waals surface area contributed by atoms with Crippen molar-refractivity contribution in [3.8, 4) is 23.2 Å². The van der Waals surface area contributed by atoms with Crippen LogP contribution in [0.5, 0.6) is 5.75 Å². The summed E-state index contributed by atoms with van der Waals surface area (Å²) in [6.45, 7) is 2.82. The number of carbonyl (C=O) groups is 1. The van der Waals surface area contributed by atoms with E-state index in [9.17, 15) is 10.1 Å². The molecular formula is C26H24N6O3. The van der Waals surface area contributed by atoms with Crippen molar-refractivity contribution in [1.29, 1.82) is 5.26 Å². The van der Waals surface area contributed by atoms with E-state index >= 15 is 0 Å². The summed E-state index contributed by atoms with van der Waals surface area (Å²) in [4.78, 5) is 22.1. The first-order chi connectivity index (χ1) is 16.9. The molecule has 1 aliphatic rings. The molecular weight excluding hydrogens is 444 g/mol. The van der Waals surface area contributed by atoms with Crippen LogP contribution in [0.4, 0.5) is 0 Å². The van der Waals surface area contributed by atoms with Gasteiger partial charge >= 0.3 is 0 Å². The molecule has 0 saturated heterocycles. The third kappa shape index (κ3) is 4.09. The van der Waals surface area contributed by atoms with Gasteiger partial charge in [-0.05, 0) is 48.4 Å². The maximum atomic E-state index is 12.9. The van der Waals surface area contributed by atoms with Crippen molar-refractivity contribution in [1.82, 2.24) is 25.1 Å². The summed E-state index contributed by atoms with van der Waals surface area (Å²) < 4.78 is 12.7. The molecule has 1 N–H and O–H groups in total. The number of nitriles is 1. The van der Waals surface area contributed by atoms with E-state index in [0.717, 1.165) is 33.4 Å². The van der Waals surface area contributed by atoms with Gasteiger partial charge in [0.05, 0.1) is 56.0 Å². The fourth-order valence-electron chi connectivity index (χ4n) is 4.31. The van der Waals surface area contributed by atoms with E-state index in [4.69, 9.17) is 14.5 Å².